The summed E-state index contributed by atoms with van der Waals surface area (Å²) in [6.07, 6.45) is 2.77. The van der Waals surface area contributed by atoms with Crippen molar-refractivity contribution in [2.75, 3.05) is 16.8 Å². The lowest BCUT2D eigenvalue weighted by Gasteiger charge is -2.18. The Morgan fingerprint density at radius 3 is 2.53 bits per heavy atom. The number of hydrazine groups is 1. The Labute approximate surface area is 111 Å². The van der Waals surface area contributed by atoms with Crippen molar-refractivity contribution in [3.8, 4) is 0 Å². The molecule has 0 saturated carbocycles. The first-order chi connectivity index (χ1) is 9.05. The van der Waals surface area contributed by atoms with E-state index in [1.54, 1.807) is 18.2 Å². The van der Waals surface area contributed by atoms with Crippen LogP contribution < -0.4 is 15.6 Å². The van der Waals surface area contributed by atoms with Crippen molar-refractivity contribution in [2.24, 2.45) is 5.84 Å². The number of nitrogens with one attached hydrogen (secondary N) is 1. The Balaban J connectivity index is 2.36. The fourth-order valence-corrected chi connectivity index (χ4v) is 2.54. The van der Waals surface area contributed by atoms with Crippen molar-refractivity contribution >= 4 is 21.7 Å². The summed E-state index contributed by atoms with van der Waals surface area (Å²) in [5.41, 5.74) is 2.33. The third-order valence-corrected chi connectivity index (χ3v) is 4.26. The van der Waals surface area contributed by atoms with Crippen molar-refractivity contribution in [3.05, 3.63) is 42.7 Å². The monoisotopic (exact) mass is 279 g/mol. The van der Waals surface area contributed by atoms with Gasteiger partial charge in [-0.2, -0.15) is 0 Å². The first kappa shape index (κ1) is 13.2. The zero-order chi connectivity index (χ0) is 13.9. The maximum Gasteiger partial charge on any atom is 0.266 e. The molecule has 2 heterocycles. The van der Waals surface area contributed by atoms with E-state index in [2.05, 4.69) is 15.4 Å². The van der Waals surface area contributed by atoms with Gasteiger partial charge in [0.1, 0.15) is 16.5 Å². The molecule has 0 aromatic carbocycles. The quantitative estimate of drug-likeness (QED) is 0.627. The minimum absolute atomic E-state index is 0.0691. The van der Waals surface area contributed by atoms with E-state index in [-0.39, 0.29) is 4.90 Å². The molecule has 100 valence electrons. The molecule has 3 N–H and O–H groups in total. The second kappa shape index (κ2) is 5.21. The minimum atomic E-state index is -3.68. The molecule has 0 aliphatic rings. The van der Waals surface area contributed by atoms with Crippen LogP contribution in [0.25, 0.3) is 0 Å². The third-order valence-electron chi connectivity index (χ3n) is 2.51. The van der Waals surface area contributed by atoms with Gasteiger partial charge >= 0.3 is 0 Å². The van der Waals surface area contributed by atoms with E-state index in [1.165, 1.54) is 31.6 Å². The number of aromatic nitrogens is 2. The second-order valence-corrected chi connectivity index (χ2v) is 5.65. The number of nitrogens with two attached hydrogens (primary N) is 1. The normalized spacial score (nSPS) is 11.1. The maximum absolute atomic E-state index is 12.3. The van der Waals surface area contributed by atoms with Gasteiger partial charge in [0.05, 0.1) is 0 Å². The summed E-state index contributed by atoms with van der Waals surface area (Å²) in [7, 11) is -2.24. The van der Waals surface area contributed by atoms with Crippen molar-refractivity contribution in [1.29, 1.82) is 0 Å². The van der Waals surface area contributed by atoms with Gasteiger partial charge in [-0.3, -0.25) is 4.31 Å². The number of nitrogens with zero attached hydrogens (tertiary/aromatic N) is 3. The molecule has 0 atom stereocenters. The molecule has 8 heteroatoms. The highest BCUT2D eigenvalue weighted by Gasteiger charge is 2.22. The molecule has 2 aromatic rings. The van der Waals surface area contributed by atoms with E-state index in [0.717, 1.165) is 4.31 Å². The molecular weight excluding hydrogens is 266 g/mol. The Bertz CT molecular complexity index is 643. The highest BCUT2D eigenvalue weighted by molar-refractivity contribution is 7.92. The van der Waals surface area contributed by atoms with Gasteiger partial charge in [-0.15, -0.1) is 0 Å². The number of nitrogen functional groups attached to an aromatic ring is 1. The molecule has 0 unspecified atom stereocenters. The Morgan fingerprint density at radius 1 is 1.21 bits per heavy atom. The van der Waals surface area contributed by atoms with Gasteiger partial charge < -0.3 is 5.43 Å². The van der Waals surface area contributed by atoms with E-state index >= 15 is 0 Å². The minimum Gasteiger partial charge on any atom is -0.308 e. The SMILES string of the molecule is CN(c1ccccn1)S(=O)(=O)c1ccc(NN)nc1. The Kier molecular flexibility index (Phi) is 3.63. The van der Waals surface area contributed by atoms with E-state index in [4.69, 9.17) is 5.84 Å². The van der Waals surface area contributed by atoms with E-state index in [9.17, 15) is 8.42 Å². The highest BCUT2D eigenvalue weighted by Crippen LogP contribution is 2.19. The summed E-state index contributed by atoms with van der Waals surface area (Å²) in [5.74, 6) is 5.90. The number of pyridine rings is 2. The van der Waals surface area contributed by atoms with Crippen LogP contribution in [0, 0.1) is 0 Å². The number of sulfonamides is 1. The fraction of sp³-hybridized carbons (Fsp3) is 0.0909. The zero-order valence-electron chi connectivity index (χ0n) is 10.2. The summed E-state index contributed by atoms with van der Waals surface area (Å²) in [4.78, 5) is 7.94. The Hall–Kier alpha value is -2.19. The zero-order valence-corrected chi connectivity index (χ0v) is 11.0. The van der Waals surface area contributed by atoms with Gasteiger partial charge in [0.25, 0.3) is 10.0 Å². The summed E-state index contributed by atoms with van der Waals surface area (Å²) in [6.45, 7) is 0. The van der Waals surface area contributed by atoms with Crippen LogP contribution in [-0.2, 0) is 10.0 Å². The van der Waals surface area contributed by atoms with Crippen LogP contribution >= 0.6 is 0 Å². The molecule has 19 heavy (non-hydrogen) atoms. The second-order valence-electron chi connectivity index (χ2n) is 3.68. The van der Waals surface area contributed by atoms with Crippen LogP contribution in [0.1, 0.15) is 0 Å². The topological polar surface area (TPSA) is 101 Å². The average Bonchev–Trinajstić information content (AvgIpc) is 2.47. The summed E-state index contributed by atoms with van der Waals surface area (Å²) < 4.78 is 25.7. The molecule has 0 aliphatic carbocycles. The van der Waals surface area contributed by atoms with Gasteiger partial charge in [0, 0.05) is 19.4 Å². The number of hydrogen-bond donors (Lipinski definition) is 2. The first-order valence-corrected chi connectivity index (χ1v) is 6.82. The van der Waals surface area contributed by atoms with E-state index in [0.29, 0.717) is 11.6 Å². The van der Waals surface area contributed by atoms with Crippen LogP contribution in [0.3, 0.4) is 0 Å². The third kappa shape index (κ3) is 2.64. The predicted molar refractivity (Wildman–Crippen MR) is 71.9 cm³/mol. The standard InChI is InChI=1S/C11H13N5O2S/c1-16(11-4-2-3-7-13-11)19(17,18)9-5-6-10(15-12)14-8-9/h2-8H,12H2,1H3,(H,14,15). The molecule has 0 fully saturated rings. The van der Waals surface area contributed by atoms with Gasteiger partial charge in [-0.25, -0.2) is 24.2 Å². The number of hydrogen-bond acceptors (Lipinski definition) is 6. The van der Waals surface area contributed by atoms with Crippen LogP contribution in [0.15, 0.2) is 47.6 Å². The van der Waals surface area contributed by atoms with Crippen molar-refractivity contribution < 1.29 is 8.42 Å². The van der Waals surface area contributed by atoms with Gasteiger partial charge in [0.2, 0.25) is 0 Å². The first-order valence-electron chi connectivity index (χ1n) is 5.38. The lowest BCUT2D eigenvalue weighted by Crippen LogP contribution is -2.27. The molecule has 7 nitrogen and oxygen atoms in total. The van der Waals surface area contributed by atoms with Crippen LogP contribution in [0.2, 0.25) is 0 Å². The van der Waals surface area contributed by atoms with E-state index in [1.807, 2.05) is 0 Å². The summed E-state index contributed by atoms with van der Waals surface area (Å²) >= 11 is 0. The molecule has 0 bridgehead atoms. The van der Waals surface area contributed by atoms with Gasteiger partial charge in [-0.05, 0) is 24.3 Å². The highest BCUT2D eigenvalue weighted by atomic mass is 32.2. The maximum atomic E-state index is 12.3. The summed E-state index contributed by atoms with van der Waals surface area (Å²) in [5, 5.41) is 0. The molecule has 0 saturated heterocycles. The van der Waals surface area contributed by atoms with Crippen molar-refractivity contribution in [2.45, 2.75) is 4.90 Å². The molecule has 0 spiro atoms. The van der Waals surface area contributed by atoms with Crippen LogP contribution in [-0.4, -0.2) is 25.4 Å². The molecule has 2 aromatic heterocycles. The van der Waals surface area contributed by atoms with Crippen molar-refractivity contribution in [3.63, 3.8) is 0 Å². The smallest absolute Gasteiger partial charge is 0.266 e. The van der Waals surface area contributed by atoms with E-state index < -0.39 is 10.0 Å². The average molecular weight is 279 g/mol. The summed E-state index contributed by atoms with van der Waals surface area (Å²) in [6, 6.07) is 7.96. The van der Waals surface area contributed by atoms with Gasteiger partial charge in [0.15, 0.2) is 0 Å². The van der Waals surface area contributed by atoms with Crippen LogP contribution in [0.4, 0.5) is 11.6 Å². The van der Waals surface area contributed by atoms with Crippen molar-refractivity contribution in [1.82, 2.24) is 9.97 Å². The lowest BCUT2D eigenvalue weighted by atomic mass is 10.5. The molecule has 2 rings (SSSR count). The fourth-order valence-electron chi connectivity index (χ4n) is 1.44. The largest absolute Gasteiger partial charge is 0.308 e. The molecule has 0 aliphatic heterocycles. The number of rotatable bonds is 4. The molecule has 0 amide bonds. The lowest BCUT2D eigenvalue weighted by molar-refractivity contribution is 0.593. The van der Waals surface area contributed by atoms with Crippen LogP contribution in [0.5, 0.6) is 0 Å². The van der Waals surface area contributed by atoms with Gasteiger partial charge in [-0.1, -0.05) is 6.07 Å². The Morgan fingerprint density at radius 2 is 2.00 bits per heavy atom. The number of anilines is 2. The predicted octanol–water partition coefficient (Wildman–Crippen LogP) is 0.587. The molecule has 0 radical (unpaired) electrons. The molecular formula is C11H13N5O2S.